The molecule has 1 aliphatic carbocycles. The van der Waals surface area contributed by atoms with Gasteiger partial charge in [0.15, 0.2) is 0 Å². The molecule has 0 aromatic rings. The predicted molar refractivity (Wildman–Crippen MR) is 96.8 cm³/mol. The quantitative estimate of drug-likeness (QED) is 0.834. The second kappa shape index (κ2) is 9.24. The van der Waals surface area contributed by atoms with Gasteiger partial charge in [0.2, 0.25) is 5.91 Å². The number of carbonyl (C=O) groups is 1. The first-order valence-electron chi connectivity index (χ1n) is 9.48. The molecule has 2 heterocycles. The fraction of sp³-hybridized carbons (Fsp3) is 0.944. The first-order valence-corrected chi connectivity index (χ1v) is 9.48. The third kappa shape index (κ3) is 5.33. The number of carbonyl (C=O) groups excluding carboxylic acids is 1. The molecule has 2 N–H and O–H groups in total. The van der Waals surface area contributed by atoms with Gasteiger partial charge in [-0.15, -0.1) is 12.4 Å². The molecule has 0 radical (unpaired) electrons. The molecule has 134 valence electrons. The number of rotatable bonds is 5. The molecule has 1 amide bonds. The summed E-state index contributed by atoms with van der Waals surface area (Å²) in [7, 11) is 0. The lowest BCUT2D eigenvalue weighted by molar-refractivity contribution is -0.122. The minimum Gasteiger partial charge on any atom is -0.368 e. The molecule has 5 heteroatoms. The Balaban J connectivity index is 0.00000192. The Kier molecular flexibility index (Phi) is 7.64. The van der Waals surface area contributed by atoms with Crippen molar-refractivity contribution in [1.82, 2.24) is 9.80 Å². The number of hydrogen-bond donors (Lipinski definition) is 1. The average molecular weight is 344 g/mol. The number of nitrogens with two attached hydrogens (primary N) is 1. The minimum absolute atomic E-state index is 0. The summed E-state index contributed by atoms with van der Waals surface area (Å²) in [5.74, 6) is 1.56. The summed E-state index contributed by atoms with van der Waals surface area (Å²) in [5, 5.41) is 0. The number of likely N-dealkylation sites (tertiary alicyclic amines) is 2. The molecule has 3 fully saturated rings. The third-order valence-corrected chi connectivity index (χ3v) is 6.03. The van der Waals surface area contributed by atoms with Gasteiger partial charge in [-0.25, -0.2) is 0 Å². The maximum atomic E-state index is 11.6. The Morgan fingerprint density at radius 1 is 0.870 bits per heavy atom. The molecule has 2 saturated heterocycles. The minimum atomic E-state index is -0.118. The van der Waals surface area contributed by atoms with Crippen molar-refractivity contribution >= 4 is 18.3 Å². The van der Waals surface area contributed by atoms with Gasteiger partial charge in [0.05, 0.1) is 6.04 Å². The van der Waals surface area contributed by atoms with Crippen LogP contribution < -0.4 is 5.73 Å². The number of hydrogen-bond acceptors (Lipinski definition) is 3. The summed E-state index contributed by atoms with van der Waals surface area (Å²) in [6.07, 6.45) is 12.0. The lowest BCUT2D eigenvalue weighted by Crippen LogP contribution is -2.46. The molecule has 0 aromatic heterocycles. The van der Waals surface area contributed by atoms with Gasteiger partial charge in [-0.05, 0) is 63.5 Å². The van der Waals surface area contributed by atoms with Crippen LogP contribution in [0.3, 0.4) is 0 Å². The Hall–Kier alpha value is -0.320. The van der Waals surface area contributed by atoms with Crippen LogP contribution in [0.2, 0.25) is 0 Å². The normalized spacial score (nSPS) is 31.0. The fourth-order valence-corrected chi connectivity index (χ4v) is 4.90. The lowest BCUT2D eigenvalue weighted by Gasteiger charge is -2.38. The monoisotopic (exact) mass is 343 g/mol. The lowest BCUT2D eigenvalue weighted by atomic mass is 9.88. The van der Waals surface area contributed by atoms with Crippen molar-refractivity contribution in [1.29, 1.82) is 0 Å². The van der Waals surface area contributed by atoms with Gasteiger partial charge in [0.1, 0.15) is 0 Å². The van der Waals surface area contributed by atoms with Gasteiger partial charge < -0.3 is 10.6 Å². The van der Waals surface area contributed by atoms with Gasteiger partial charge in [0, 0.05) is 19.6 Å². The van der Waals surface area contributed by atoms with E-state index in [0.717, 1.165) is 37.8 Å². The molecular weight excluding hydrogens is 310 g/mol. The number of nitrogens with zero attached hydrogens (tertiary/aromatic N) is 2. The van der Waals surface area contributed by atoms with Crippen molar-refractivity contribution in [3.05, 3.63) is 0 Å². The smallest absolute Gasteiger partial charge is 0.234 e. The van der Waals surface area contributed by atoms with E-state index >= 15 is 0 Å². The van der Waals surface area contributed by atoms with Crippen LogP contribution in [0.1, 0.15) is 57.8 Å². The summed E-state index contributed by atoms with van der Waals surface area (Å²) < 4.78 is 0. The zero-order valence-corrected chi connectivity index (χ0v) is 15.2. The Bertz CT molecular complexity index is 373. The van der Waals surface area contributed by atoms with E-state index in [0.29, 0.717) is 0 Å². The predicted octanol–water partition coefficient (Wildman–Crippen LogP) is 2.65. The molecule has 3 rings (SSSR count). The Morgan fingerprint density at radius 2 is 1.57 bits per heavy atom. The van der Waals surface area contributed by atoms with Crippen molar-refractivity contribution in [3.63, 3.8) is 0 Å². The van der Waals surface area contributed by atoms with E-state index < -0.39 is 0 Å². The van der Waals surface area contributed by atoms with E-state index in [1.54, 1.807) is 0 Å². The van der Waals surface area contributed by atoms with Crippen LogP contribution in [0.4, 0.5) is 0 Å². The molecule has 2 unspecified atom stereocenters. The number of halogens is 1. The highest BCUT2D eigenvalue weighted by Crippen LogP contribution is 2.27. The van der Waals surface area contributed by atoms with Crippen LogP contribution in [0.5, 0.6) is 0 Å². The van der Waals surface area contributed by atoms with Gasteiger partial charge in [0.25, 0.3) is 0 Å². The van der Waals surface area contributed by atoms with E-state index in [1.165, 1.54) is 64.6 Å². The molecule has 1 saturated carbocycles. The van der Waals surface area contributed by atoms with Gasteiger partial charge >= 0.3 is 0 Å². The fourth-order valence-electron chi connectivity index (χ4n) is 4.90. The van der Waals surface area contributed by atoms with Crippen LogP contribution in [0, 0.1) is 11.8 Å². The van der Waals surface area contributed by atoms with Crippen molar-refractivity contribution in [2.45, 2.75) is 63.8 Å². The summed E-state index contributed by atoms with van der Waals surface area (Å²) >= 11 is 0. The van der Waals surface area contributed by atoms with E-state index in [9.17, 15) is 4.79 Å². The summed E-state index contributed by atoms with van der Waals surface area (Å²) in [6.45, 7) is 5.97. The molecule has 0 bridgehead atoms. The van der Waals surface area contributed by atoms with Gasteiger partial charge in [-0.3, -0.25) is 9.69 Å². The van der Waals surface area contributed by atoms with Crippen LogP contribution in [0.25, 0.3) is 0 Å². The van der Waals surface area contributed by atoms with Crippen molar-refractivity contribution < 1.29 is 4.79 Å². The second-order valence-electron chi connectivity index (χ2n) is 7.83. The Morgan fingerprint density at radius 3 is 2.30 bits per heavy atom. The van der Waals surface area contributed by atoms with Crippen LogP contribution in [-0.2, 0) is 4.79 Å². The molecule has 0 aromatic carbocycles. The first kappa shape index (κ1) is 19.0. The van der Waals surface area contributed by atoms with E-state index in [2.05, 4.69) is 9.80 Å². The van der Waals surface area contributed by atoms with E-state index in [-0.39, 0.29) is 24.4 Å². The van der Waals surface area contributed by atoms with Gasteiger partial charge in [-0.2, -0.15) is 0 Å². The maximum Gasteiger partial charge on any atom is 0.234 e. The highest BCUT2D eigenvalue weighted by atomic mass is 35.5. The molecule has 2 aliphatic heterocycles. The highest BCUT2D eigenvalue weighted by Gasteiger charge is 2.32. The van der Waals surface area contributed by atoms with Crippen molar-refractivity contribution in [3.8, 4) is 0 Å². The molecule has 23 heavy (non-hydrogen) atoms. The number of amides is 1. The zero-order valence-electron chi connectivity index (χ0n) is 14.4. The first-order chi connectivity index (χ1) is 10.7. The largest absolute Gasteiger partial charge is 0.368 e. The van der Waals surface area contributed by atoms with Gasteiger partial charge in [-0.1, -0.05) is 19.3 Å². The van der Waals surface area contributed by atoms with E-state index in [4.69, 9.17) is 5.73 Å². The Labute approximate surface area is 147 Å². The van der Waals surface area contributed by atoms with Crippen molar-refractivity contribution in [2.24, 2.45) is 17.6 Å². The maximum absolute atomic E-state index is 11.6. The van der Waals surface area contributed by atoms with Crippen LogP contribution in [0.15, 0.2) is 0 Å². The number of piperidine rings is 1. The highest BCUT2D eigenvalue weighted by molar-refractivity contribution is 5.85. The molecule has 0 spiro atoms. The zero-order chi connectivity index (χ0) is 15.4. The SMILES string of the molecule is Cl.NC(=O)C1CCCN1CC1CCCN(CC2CCCCC2)C1. The standard InChI is InChI=1S/C18H33N3O.ClH/c19-18(22)17-9-5-11-21(17)14-16-8-4-10-20(13-16)12-15-6-2-1-3-7-15;/h15-17H,1-14H2,(H2,19,22);1H. The molecule has 2 atom stereocenters. The van der Waals surface area contributed by atoms with Crippen LogP contribution in [-0.4, -0.2) is 54.5 Å². The average Bonchev–Trinajstić information content (AvgIpc) is 2.97. The second-order valence-corrected chi connectivity index (χ2v) is 7.83. The molecular formula is C18H34ClN3O. The van der Waals surface area contributed by atoms with E-state index in [1.807, 2.05) is 0 Å². The molecule has 4 nitrogen and oxygen atoms in total. The number of primary amides is 1. The summed E-state index contributed by atoms with van der Waals surface area (Å²) in [6, 6.07) is 0.00808. The topological polar surface area (TPSA) is 49.6 Å². The third-order valence-electron chi connectivity index (χ3n) is 6.03. The summed E-state index contributed by atoms with van der Waals surface area (Å²) in [4.78, 5) is 16.6. The molecule has 3 aliphatic rings. The summed E-state index contributed by atoms with van der Waals surface area (Å²) in [5.41, 5.74) is 5.55. The van der Waals surface area contributed by atoms with Crippen LogP contribution >= 0.6 is 12.4 Å². The van der Waals surface area contributed by atoms with Crippen molar-refractivity contribution in [2.75, 3.05) is 32.7 Å².